The van der Waals surface area contributed by atoms with Gasteiger partial charge in [-0.3, -0.25) is 19.0 Å². The van der Waals surface area contributed by atoms with Gasteiger partial charge in [-0.15, -0.1) is 0 Å². The first kappa shape index (κ1) is 20.3. The van der Waals surface area contributed by atoms with Gasteiger partial charge in [0.25, 0.3) is 11.5 Å². The molecule has 150 valence electrons. The summed E-state index contributed by atoms with van der Waals surface area (Å²) >= 11 is 0. The van der Waals surface area contributed by atoms with Crippen LogP contribution >= 0.6 is 0 Å². The molecule has 3 aromatic rings. The molecule has 0 aliphatic heterocycles. The number of anilines is 1. The van der Waals surface area contributed by atoms with Crippen LogP contribution in [0.25, 0.3) is 10.9 Å². The topological polar surface area (TPSA) is 93.1 Å². The molecule has 0 saturated heterocycles. The van der Waals surface area contributed by atoms with Gasteiger partial charge < -0.3 is 10.6 Å². The molecule has 0 fully saturated rings. The molecule has 0 aliphatic carbocycles. The molecule has 0 aliphatic rings. The standard InChI is InChI=1S/C22H24N4O3/c1-14(2)11-23-21(28)16-8-4-5-10-18(16)25-19(27)12-26-13-24-20-15(3)7-6-9-17(20)22(26)29/h4-10,13-14H,11-12H2,1-3H3,(H,23,28)(H,25,27). The van der Waals surface area contributed by atoms with Gasteiger partial charge in [-0.25, -0.2) is 4.98 Å². The second-order valence-corrected chi connectivity index (χ2v) is 7.35. The number of fused-ring (bicyclic) bond motifs is 1. The predicted molar refractivity (Wildman–Crippen MR) is 113 cm³/mol. The predicted octanol–water partition coefficient (Wildman–Crippen LogP) is 2.73. The molecule has 2 amide bonds. The number of hydrogen-bond donors (Lipinski definition) is 2. The van der Waals surface area contributed by atoms with Crippen molar-refractivity contribution in [2.45, 2.75) is 27.3 Å². The van der Waals surface area contributed by atoms with Gasteiger partial charge in [-0.2, -0.15) is 0 Å². The zero-order valence-corrected chi connectivity index (χ0v) is 16.7. The third kappa shape index (κ3) is 4.68. The second-order valence-electron chi connectivity index (χ2n) is 7.35. The van der Waals surface area contributed by atoms with Gasteiger partial charge in [0.2, 0.25) is 5.91 Å². The maximum absolute atomic E-state index is 12.7. The van der Waals surface area contributed by atoms with Crippen LogP contribution in [-0.2, 0) is 11.3 Å². The van der Waals surface area contributed by atoms with Crippen LogP contribution in [-0.4, -0.2) is 27.9 Å². The Bertz CT molecular complexity index is 1120. The highest BCUT2D eigenvalue weighted by molar-refractivity contribution is 6.03. The van der Waals surface area contributed by atoms with Gasteiger partial charge in [-0.05, 0) is 36.6 Å². The molecule has 3 rings (SSSR count). The Morgan fingerprint density at radius 3 is 2.62 bits per heavy atom. The van der Waals surface area contributed by atoms with Crippen LogP contribution in [0.2, 0.25) is 0 Å². The molecule has 0 unspecified atom stereocenters. The van der Waals surface area contributed by atoms with Gasteiger partial charge >= 0.3 is 0 Å². The fourth-order valence-corrected chi connectivity index (χ4v) is 2.98. The van der Waals surface area contributed by atoms with E-state index in [9.17, 15) is 14.4 Å². The van der Waals surface area contributed by atoms with Gasteiger partial charge in [0.1, 0.15) is 6.54 Å². The van der Waals surface area contributed by atoms with E-state index in [0.717, 1.165) is 5.56 Å². The highest BCUT2D eigenvalue weighted by atomic mass is 16.2. The summed E-state index contributed by atoms with van der Waals surface area (Å²) in [7, 11) is 0. The quantitative estimate of drug-likeness (QED) is 0.675. The normalized spacial score (nSPS) is 10.9. The third-order valence-corrected chi connectivity index (χ3v) is 4.49. The average molecular weight is 392 g/mol. The Labute approximate surface area is 168 Å². The Balaban J connectivity index is 1.78. The summed E-state index contributed by atoms with van der Waals surface area (Å²) in [4.78, 5) is 41.9. The lowest BCUT2D eigenvalue weighted by Gasteiger charge is -2.13. The largest absolute Gasteiger partial charge is 0.352 e. The summed E-state index contributed by atoms with van der Waals surface area (Å²) in [5.74, 6) is -0.351. The molecule has 7 heteroatoms. The molecule has 2 N–H and O–H groups in total. The van der Waals surface area contributed by atoms with E-state index in [-0.39, 0.29) is 18.0 Å². The van der Waals surface area contributed by atoms with Crippen molar-refractivity contribution in [1.82, 2.24) is 14.9 Å². The van der Waals surface area contributed by atoms with Gasteiger partial charge in [0.15, 0.2) is 0 Å². The van der Waals surface area contributed by atoms with Crippen LogP contribution in [0, 0.1) is 12.8 Å². The first-order valence-electron chi connectivity index (χ1n) is 9.48. The molecule has 1 heterocycles. The van der Waals surface area contributed by atoms with Crippen LogP contribution in [0.1, 0.15) is 29.8 Å². The summed E-state index contributed by atoms with van der Waals surface area (Å²) in [6.07, 6.45) is 1.37. The molecular formula is C22H24N4O3. The Kier molecular flexibility index (Phi) is 6.07. The van der Waals surface area contributed by atoms with E-state index < -0.39 is 5.91 Å². The third-order valence-electron chi connectivity index (χ3n) is 4.49. The number of amides is 2. The molecule has 7 nitrogen and oxygen atoms in total. The summed E-state index contributed by atoms with van der Waals surface area (Å²) in [6, 6.07) is 12.1. The molecule has 2 aromatic carbocycles. The van der Waals surface area contributed by atoms with Crippen molar-refractivity contribution >= 4 is 28.4 Å². The van der Waals surface area contributed by atoms with Crippen LogP contribution < -0.4 is 16.2 Å². The van der Waals surface area contributed by atoms with Crippen LogP contribution in [0.5, 0.6) is 0 Å². The lowest BCUT2D eigenvalue weighted by molar-refractivity contribution is -0.116. The fourth-order valence-electron chi connectivity index (χ4n) is 2.98. The van der Waals surface area contributed by atoms with E-state index >= 15 is 0 Å². The minimum absolute atomic E-state index is 0.197. The summed E-state index contributed by atoms with van der Waals surface area (Å²) < 4.78 is 1.26. The van der Waals surface area contributed by atoms with Crippen LogP contribution in [0.15, 0.2) is 53.6 Å². The number of carbonyl (C=O) groups is 2. The molecule has 0 spiro atoms. The fraction of sp³-hybridized carbons (Fsp3) is 0.273. The van der Waals surface area contributed by atoms with Crippen molar-refractivity contribution in [3.05, 3.63) is 70.3 Å². The number of aryl methyl sites for hydroxylation is 1. The van der Waals surface area contributed by atoms with E-state index in [1.165, 1.54) is 10.9 Å². The van der Waals surface area contributed by atoms with E-state index in [0.29, 0.717) is 34.6 Å². The molecular weight excluding hydrogens is 368 g/mol. The van der Waals surface area contributed by atoms with Crippen molar-refractivity contribution in [2.24, 2.45) is 5.92 Å². The smallest absolute Gasteiger partial charge is 0.261 e. The van der Waals surface area contributed by atoms with E-state index in [1.54, 1.807) is 36.4 Å². The monoisotopic (exact) mass is 392 g/mol. The lowest BCUT2D eigenvalue weighted by atomic mass is 10.1. The first-order valence-corrected chi connectivity index (χ1v) is 9.48. The minimum Gasteiger partial charge on any atom is -0.352 e. The maximum Gasteiger partial charge on any atom is 0.261 e. The Morgan fingerprint density at radius 1 is 1.10 bits per heavy atom. The summed E-state index contributed by atoms with van der Waals surface area (Å²) in [5, 5.41) is 6.03. The van der Waals surface area contributed by atoms with Crippen molar-refractivity contribution in [2.75, 3.05) is 11.9 Å². The minimum atomic E-state index is -0.412. The van der Waals surface area contributed by atoms with Crippen molar-refractivity contribution in [3.8, 4) is 0 Å². The molecule has 0 atom stereocenters. The van der Waals surface area contributed by atoms with E-state index in [1.807, 2.05) is 26.8 Å². The van der Waals surface area contributed by atoms with Crippen molar-refractivity contribution in [3.63, 3.8) is 0 Å². The number of rotatable bonds is 6. The average Bonchev–Trinajstić information content (AvgIpc) is 2.69. The number of nitrogens with zero attached hydrogens (tertiary/aromatic N) is 2. The molecule has 29 heavy (non-hydrogen) atoms. The number of benzene rings is 2. The number of aromatic nitrogens is 2. The van der Waals surface area contributed by atoms with Crippen molar-refractivity contribution < 1.29 is 9.59 Å². The van der Waals surface area contributed by atoms with Crippen molar-refractivity contribution in [1.29, 1.82) is 0 Å². The van der Waals surface area contributed by atoms with Crippen LogP contribution in [0.4, 0.5) is 5.69 Å². The number of carbonyl (C=O) groups excluding carboxylic acids is 2. The first-order chi connectivity index (χ1) is 13.9. The molecule has 0 radical (unpaired) electrons. The highest BCUT2D eigenvalue weighted by Crippen LogP contribution is 2.15. The van der Waals surface area contributed by atoms with E-state index in [4.69, 9.17) is 0 Å². The molecule has 0 bridgehead atoms. The molecule has 1 aromatic heterocycles. The van der Waals surface area contributed by atoms with Gasteiger partial charge in [0.05, 0.1) is 28.5 Å². The van der Waals surface area contributed by atoms with Gasteiger partial charge in [0, 0.05) is 6.54 Å². The zero-order valence-electron chi connectivity index (χ0n) is 16.7. The number of hydrogen-bond acceptors (Lipinski definition) is 4. The number of nitrogens with one attached hydrogen (secondary N) is 2. The summed E-state index contributed by atoms with van der Waals surface area (Å²) in [6.45, 7) is 6.24. The highest BCUT2D eigenvalue weighted by Gasteiger charge is 2.14. The summed E-state index contributed by atoms with van der Waals surface area (Å²) in [5.41, 5.74) is 2.02. The Morgan fingerprint density at radius 2 is 1.86 bits per heavy atom. The SMILES string of the molecule is Cc1cccc2c(=O)n(CC(=O)Nc3ccccc3C(=O)NCC(C)C)cnc12. The Hall–Kier alpha value is -3.48. The molecule has 0 saturated carbocycles. The maximum atomic E-state index is 12.7. The van der Waals surface area contributed by atoms with Gasteiger partial charge in [-0.1, -0.05) is 38.1 Å². The van der Waals surface area contributed by atoms with E-state index in [2.05, 4.69) is 15.6 Å². The lowest BCUT2D eigenvalue weighted by Crippen LogP contribution is -2.30. The second kappa shape index (κ2) is 8.68. The van der Waals surface area contributed by atoms with Crippen LogP contribution in [0.3, 0.4) is 0 Å². The number of para-hydroxylation sites is 2. The zero-order chi connectivity index (χ0) is 21.0.